The lowest BCUT2D eigenvalue weighted by Gasteiger charge is -2.09. The van der Waals surface area contributed by atoms with Crippen molar-refractivity contribution in [2.45, 2.75) is 33.2 Å². The van der Waals surface area contributed by atoms with Crippen molar-refractivity contribution < 1.29 is 22.7 Å². The van der Waals surface area contributed by atoms with Gasteiger partial charge in [0.2, 0.25) is 0 Å². The number of nitrogens with one attached hydrogen (secondary N) is 2. The molecule has 0 saturated heterocycles. The van der Waals surface area contributed by atoms with Crippen molar-refractivity contribution in [1.29, 1.82) is 0 Å². The zero-order chi connectivity index (χ0) is 19.3. The van der Waals surface area contributed by atoms with Crippen molar-refractivity contribution in [2.75, 3.05) is 6.61 Å². The normalized spacial score (nSPS) is 11.4. The number of benzene rings is 1. The number of carbonyl (C=O) groups is 1. The van der Waals surface area contributed by atoms with E-state index in [2.05, 4.69) is 15.0 Å². The van der Waals surface area contributed by atoms with Gasteiger partial charge in [-0.3, -0.25) is 9.59 Å². The van der Waals surface area contributed by atoms with Crippen LogP contribution in [0, 0.1) is 13.8 Å². The molecule has 0 aliphatic carbocycles. The maximum atomic E-state index is 12.2. The van der Waals surface area contributed by atoms with Crippen LogP contribution in [0.4, 0.5) is 13.2 Å². The molecular weight excluding hydrogens is 349 g/mol. The molecule has 1 aromatic heterocycles. The zero-order valence-corrected chi connectivity index (χ0v) is 14.4. The fraction of sp³-hybridized carbons (Fsp3) is 0.333. The second-order valence-corrected chi connectivity index (χ2v) is 5.93. The number of rotatable bonds is 6. The van der Waals surface area contributed by atoms with Crippen LogP contribution in [-0.4, -0.2) is 23.7 Å². The van der Waals surface area contributed by atoms with E-state index in [1.54, 1.807) is 13.8 Å². The van der Waals surface area contributed by atoms with Crippen molar-refractivity contribution in [3.05, 3.63) is 68.6 Å². The fourth-order valence-electron chi connectivity index (χ4n) is 2.41. The highest BCUT2D eigenvalue weighted by atomic mass is 19.4. The molecule has 1 aromatic carbocycles. The monoisotopic (exact) mass is 368 g/mol. The standard InChI is InChI=1S/C18H19F3N2O3/c1-11-7-12(2)23-17(25)15(11)8-22-16(24)14-5-3-13(4-6-14)9-26-10-18(19,20)21/h3-7H,8-10H2,1-2H3,(H,22,24)(H,23,25). The number of aryl methyl sites for hydroxylation is 2. The molecule has 5 nitrogen and oxygen atoms in total. The average Bonchev–Trinajstić information content (AvgIpc) is 2.53. The molecule has 0 aliphatic rings. The summed E-state index contributed by atoms with van der Waals surface area (Å²) in [6.07, 6.45) is -4.37. The minimum absolute atomic E-state index is 0.0801. The summed E-state index contributed by atoms with van der Waals surface area (Å²) in [4.78, 5) is 26.8. The summed E-state index contributed by atoms with van der Waals surface area (Å²) < 4.78 is 40.7. The van der Waals surface area contributed by atoms with Crippen LogP contribution in [0.2, 0.25) is 0 Å². The number of H-pyrrole nitrogens is 1. The molecule has 1 heterocycles. The molecule has 0 atom stereocenters. The summed E-state index contributed by atoms with van der Waals surface area (Å²) in [5, 5.41) is 2.66. The molecule has 26 heavy (non-hydrogen) atoms. The van der Waals surface area contributed by atoms with Crippen LogP contribution in [0.25, 0.3) is 0 Å². The van der Waals surface area contributed by atoms with E-state index in [9.17, 15) is 22.8 Å². The first-order valence-electron chi connectivity index (χ1n) is 7.87. The topological polar surface area (TPSA) is 71.2 Å². The number of halogens is 3. The van der Waals surface area contributed by atoms with E-state index < -0.39 is 12.8 Å². The SMILES string of the molecule is Cc1cc(C)c(CNC(=O)c2ccc(COCC(F)(F)F)cc2)c(=O)[nH]1. The highest BCUT2D eigenvalue weighted by Crippen LogP contribution is 2.16. The third kappa shape index (κ3) is 5.73. The third-order valence-corrected chi connectivity index (χ3v) is 3.67. The quantitative estimate of drug-likeness (QED) is 0.823. The van der Waals surface area contributed by atoms with Crippen LogP contribution in [0.1, 0.15) is 32.7 Å². The molecule has 2 aromatic rings. The lowest BCUT2D eigenvalue weighted by molar-refractivity contribution is -0.176. The number of hydrogen-bond acceptors (Lipinski definition) is 3. The van der Waals surface area contributed by atoms with Gasteiger partial charge in [-0.25, -0.2) is 0 Å². The molecule has 0 bridgehead atoms. The lowest BCUT2D eigenvalue weighted by atomic mass is 10.1. The van der Waals surface area contributed by atoms with E-state index in [1.165, 1.54) is 24.3 Å². The fourth-order valence-corrected chi connectivity index (χ4v) is 2.41. The third-order valence-electron chi connectivity index (χ3n) is 3.67. The second-order valence-electron chi connectivity index (χ2n) is 5.93. The molecular formula is C18H19F3N2O3. The Labute approximate surface area is 148 Å². The van der Waals surface area contributed by atoms with Gasteiger partial charge in [0, 0.05) is 23.4 Å². The van der Waals surface area contributed by atoms with Crippen LogP contribution in [0.3, 0.4) is 0 Å². The number of carbonyl (C=O) groups excluding carboxylic acids is 1. The first kappa shape index (κ1) is 19.7. The number of amides is 1. The molecule has 0 fully saturated rings. The molecule has 2 rings (SSSR count). The summed E-state index contributed by atoms with van der Waals surface area (Å²) >= 11 is 0. The van der Waals surface area contributed by atoms with Gasteiger partial charge < -0.3 is 15.0 Å². The minimum Gasteiger partial charge on any atom is -0.367 e. The highest BCUT2D eigenvalue weighted by Gasteiger charge is 2.27. The summed E-state index contributed by atoms with van der Waals surface area (Å²) in [6.45, 7) is 2.13. The summed E-state index contributed by atoms with van der Waals surface area (Å²) in [5.41, 5.74) is 2.61. The van der Waals surface area contributed by atoms with Crippen molar-refractivity contribution in [1.82, 2.24) is 10.3 Å². The van der Waals surface area contributed by atoms with Gasteiger partial charge in [-0.05, 0) is 43.2 Å². The van der Waals surface area contributed by atoms with E-state index >= 15 is 0 Å². The Kier molecular flexibility index (Phi) is 6.20. The van der Waals surface area contributed by atoms with Gasteiger partial charge in [0.25, 0.3) is 11.5 Å². The van der Waals surface area contributed by atoms with Crippen molar-refractivity contribution >= 4 is 5.91 Å². The maximum absolute atomic E-state index is 12.2. The van der Waals surface area contributed by atoms with Crippen LogP contribution in [0.5, 0.6) is 0 Å². The van der Waals surface area contributed by atoms with Crippen LogP contribution in [0.15, 0.2) is 35.1 Å². The second kappa shape index (κ2) is 8.18. The molecule has 140 valence electrons. The number of aromatic nitrogens is 1. The molecule has 0 spiro atoms. The number of pyridine rings is 1. The van der Waals surface area contributed by atoms with E-state index in [4.69, 9.17) is 0 Å². The molecule has 0 radical (unpaired) electrons. The predicted octanol–water partition coefficient (Wildman–Crippen LogP) is 3.00. The molecule has 8 heteroatoms. The number of aromatic amines is 1. The minimum atomic E-state index is -4.37. The molecule has 1 amide bonds. The largest absolute Gasteiger partial charge is 0.411 e. The van der Waals surface area contributed by atoms with E-state index in [0.29, 0.717) is 16.7 Å². The molecule has 0 unspecified atom stereocenters. The van der Waals surface area contributed by atoms with E-state index in [0.717, 1.165) is 11.3 Å². The van der Waals surface area contributed by atoms with Gasteiger partial charge in [-0.1, -0.05) is 12.1 Å². The van der Waals surface area contributed by atoms with E-state index in [-0.39, 0.29) is 24.6 Å². The summed E-state index contributed by atoms with van der Waals surface area (Å²) in [6, 6.07) is 7.85. The first-order valence-corrected chi connectivity index (χ1v) is 7.87. The molecule has 2 N–H and O–H groups in total. The lowest BCUT2D eigenvalue weighted by Crippen LogP contribution is -2.27. The van der Waals surface area contributed by atoms with Gasteiger partial charge in [0.15, 0.2) is 0 Å². The van der Waals surface area contributed by atoms with Gasteiger partial charge in [-0.2, -0.15) is 13.2 Å². The van der Waals surface area contributed by atoms with Crippen molar-refractivity contribution in [3.8, 4) is 0 Å². The Bertz CT molecular complexity index is 827. The predicted molar refractivity (Wildman–Crippen MR) is 89.9 cm³/mol. The maximum Gasteiger partial charge on any atom is 0.411 e. The summed E-state index contributed by atoms with van der Waals surface area (Å²) in [5.74, 6) is -0.382. The van der Waals surface area contributed by atoms with Gasteiger partial charge >= 0.3 is 6.18 Å². The highest BCUT2D eigenvalue weighted by molar-refractivity contribution is 5.94. The van der Waals surface area contributed by atoms with Crippen LogP contribution in [-0.2, 0) is 17.9 Å². The Morgan fingerprint density at radius 3 is 2.42 bits per heavy atom. The molecule has 0 aliphatic heterocycles. The Morgan fingerprint density at radius 1 is 1.19 bits per heavy atom. The average molecular weight is 368 g/mol. The van der Waals surface area contributed by atoms with Crippen LogP contribution < -0.4 is 10.9 Å². The Hall–Kier alpha value is -2.61. The van der Waals surface area contributed by atoms with Gasteiger partial charge in [0.05, 0.1) is 6.61 Å². The Balaban J connectivity index is 1.93. The smallest absolute Gasteiger partial charge is 0.367 e. The Morgan fingerprint density at radius 2 is 1.85 bits per heavy atom. The van der Waals surface area contributed by atoms with Crippen molar-refractivity contribution in [2.24, 2.45) is 0 Å². The van der Waals surface area contributed by atoms with Crippen molar-refractivity contribution in [3.63, 3.8) is 0 Å². The van der Waals surface area contributed by atoms with Gasteiger partial charge in [0.1, 0.15) is 6.61 Å². The number of hydrogen-bond donors (Lipinski definition) is 2. The van der Waals surface area contributed by atoms with Gasteiger partial charge in [-0.15, -0.1) is 0 Å². The summed E-state index contributed by atoms with van der Waals surface area (Å²) in [7, 11) is 0. The van der Waals surface area contributed by atoms with Crippen LogP contribution >= 0.6 is 0 Å². The molecule has 0 saturated carbocycles. The number of ether oxygens (including phenoxy) is 1. The zero-order valence-electron chi connectivity index (χ0n) is 14.4. The first-order chi connectivity index (χ1) is 12.2. The number of alkyl halides is 3. The van der Waals surface area contributed by atoms with E-state index in [1.807, 2.05) is 6.07 Å².